The molecule has 0 unspecified atom stereocenters. The van der Waals surface area contributed by atoms with E-state index in [1.54, 1.807) is 6.26 Å². The molecule has 0 amide bonds. The fourth-order valence-corrected chi connectivity index (χ4v) is 3.96. The van der Waals surface area contributed by atoms with Crippen molar-refractivity contribution in [3.8, 4) is 0 Å². The number of halogens is 2. The molecule has 2 N–H and O–H groups in total. The first-order chi connectivity index (χ1) is 14.7. The van der Waals surface area contributed by atoms with Crippen molar-refractivity contribution in [3.63, 3.8) is 0 Å². The lowest BCUT2D eigenvalue weighted by atomic mass is 10.0. The Balaban J connectivity index is 1.36. The molecule has 0 aliphatic heterocycles. The van der Waals surface area contributed by atoms with Gasteiger partial charge in [0, 0.05) is 40.3 Å². The molecule has 0 saturated heterocycles. The maximum atomic E-state index is 6.32. The molecule has 4 rings (SSSR count). The topological polar surface area (TPSA) is 50.1 Å². The normalized spacial score (nSPS) is 11.1. The summed E-state index contributed by atoms with van der Waals surface area (Å²) in [7, 11) is 0. The van der Waals surface area contributed by atoms with Crippen LogP contribution in [0.2, 0.25) is 10.0 Å². The fraction of sp³-hybridized carbons (Fsp3) is 0.208. The average Bonchev–Trinajstić information content (AvgIpc) is 3.27. The number of rotatable bonds is 9. The van der Waals surface area contributed by atoms with Gasteiger partial charge in [0.15, 0.2) is 0 Å². The highest BCUT2D eigenvalue weighted by molar-refractivity contribution is 6.36. The second-order valence-electron chi connectivity index (χ2n) is 7.12. The summed E-state index contributed by atoms with van der Waals surface area (Å²) >= 11 is 12.6. The van der Waals surface area contributed by atoms with Gasteiger partial charge in [0.1, 0.15) is 5.76 Å². The molecule has 4 aromatic rings. The highest BCUT2D eigenvalue weighted by Crippen LogP contribution is 2.29. The highest BCUT2D eigenvalue weighted by Gasteiger charge is 2.08. The maximum Gasteiger partial charge on any atom is 0.117 e. The molecule has 2 heterocycles. The Morgan fingerprint density at radius 2 is 1.80 bits per heavy atom. The number of anilines is 1. The van der Waals surface area contributed by atoms with Crippen LogP contribution in [0.5, 0.6) is 0 Å². The summed E-state index contributed by atoms with van der Waals surface area (Å²) in [4.78, 5) is 4.55. The Bertz CT molecular complexity index is 1090. The van der Waals surface area contributed by atoms with Gasteiger partial charge in [-0.05, 0) is 60.5 Å². The number of nitrogens with one attached hydrogen (secondary N) is 2. The van der Waals surface area contributed by atoms with E-state index in [9.17, 15) is 0 Å². The third kappa shape index (κ3) is 5.14. The Kier molecular flexibility index (Phi) is 6.90. The zero-order chi connectivity index (χ0) is 20.8. The molecule has 154 valence electrons. The number of pyridine rings is 1. The van der Waals surface area contributed by atoms with Crippen LogP contribution in [-0.2, 0) is 13.0 Å². The lowest BCUT2D eigenvalue weighted by Gasteiger charge is -2.11. The third-order valence-electron chi connectivity index (χ3n) is 4.97. The van der Waals surface area contributed by atoms with Crippen LogP contribution in [0.4, 0.5) is 5.69 Å². The van der Waals surface area contributed by atoms with Crippen molar-refractivity contribution < 1.29 is 4.42 Å². The van der Waals surface area contributed by atoms with Gasteiger partial charge in [0.05, 0.1) is 18.3 Å². The number of hydrogen-bond acceptors (Lipinski definition) is 4. The molecule has 0 bridgehead atoms. The van der Waals surface area contributed by atoms with Crippen molar-refractivity contribution in [1.29, 1.82) is 0 Å². The summed E-state index contributed by atoms with van der Waals surface area (Å²) in [6.07, 6.45) is 5.22. The van der Waals surface area contributed by atoms with Gasteiger partial charge in [-0.2, -0.15) is 0 Å². The van der Waals surface area contributed by atoms with E-state index in [1.807, 2.05) is 42.6 Å². The van der Waals surface area contributed by atoms with E-state index in [2.05, 4.69) is 33.8 Å². The van der Waals surface area contributed by atoms with Crippen LogP contribution < -0.4 is 10.6 Å². The van der Waals surface area contributed by atoms with Crippen LogP contribution in [0.15, 0.2) is 71.5 Å². The SMILES string of the molecule is Clc1cccc(Cl)c1Cc1ccc2c(NCCCNCc3ccco3)ccnc2c1. The summed E-state index contributed by atoms with van der Waals surface area (Å²) in [6.45, 7) is 2.55. The Hall–Kier alpha value is -2.53. The molecule has 0 fully saturated rings. The quantitative estimate of drug-likeness (QED) is 0.299. The minimum absolute atomic E-state index is 0.676. The zero-order valence-corrected chi connectivity index (χ0v) is 18.0. The summed E-state index contributed by atoms with van der Waals surface area (Å²) in [5.74, 6) is 0.956. The van der Waals surface area contributed by atoms with Gasteiger partial charge >= 0.3 is 0 Å². The number of nitrogens with zero attached hydrogens (tertiary/aromatic N) is 1. The molecule has 30 heavy (non-hydrogen) atoms. The van der Waals surface area contributed by atoms with Gasteiger partial charge in [0.2, 0.25) is 0 Å². The molecule has 0 atom stereocenters. The van der Waals surface area contributed by atoms with Crippen molar-refractivity contribution in [2.75, 3.05) is 18.4 Å². The molecule has 2 aromatic carbocycles. The molecule has 4 nitrogen and oxygen atoms in total. The molecule has 2 aromatic heterocycles. The lowest BCUT2D eigenvalue weighted by molar-refractivity contribution is 0.482. The van der Waals surface area contributed by atoms with Gasteiger partial charge in [-0.25, -0.2) is 0 Å². The summed E-state index contributed by atoms with van der Waals surface area (Å²) in [6, 6.07) is 17.8. The Morgan fingerprint density at radius 1 is 0.933 bits per heavy atom. The highest BCUT2D eigenvalue weighted by atomic mass is 35.5. The van der Waals surface area contributed by atoms with Gasteiger partial charge in [-0.15, -0.1) is 0 Å². The Labute approximate surface area is 186 Å². The van der Waals surface area contributed by atoms with Crippen LogP contribution in [0.25, 0.3) is 10.9 Å². The number of fused-ring (bicyclic) bond motifs is 1. The van der Waals surface area contributed by atoms with E-state index in [1.165, 1.54) is 0 Å². The smallest absolute Gasteiger partial charge is 0.117 e. The summed E-state index contributed by atoms with van der Waals surface area (Å²) < 4.78 is 5.32. The lowest BCUT2D eigenvalue weighted by Crippen LogP contribution is -2.17. The molecule has 6 heteroatoms. The molecule has 0 aliphatic carbocycles. The van der Waals surface area contributed by atoms with Crippen molar-refractivity contribution in [1.82, 2.24) is 10.3 Å². The first-order valence-electron chi connectivity index (χ1n) is 9.98. The van der Waals surface area contributed by atoms with Crippen LogP contribution >= 0.6 is 23.2 Å². The number of furan rings is 1. The second-order valence-corrected chi connectivity index (χ2v) is 7.94. The molecule has 0 radical (unpaired) electrons. The standard InChI is InChI=1S/C24H23Cl2N3O/c25-21-5-1-6-22(26)20(21)14-17-7-8-19-23(9-12-29-24(19)15-17)28-11-3-10-27-16-18-4-2-13-30-18/h1-2,4-9,12-13,15,27H,3,10-11,14,16H2,(H,28,29). The predicted molar refractivity (Wildman–Crippen MR) is 125 cm³/mol. The molecule has 0 spiro atoms. The van der Waals surface area contributed by atoms with E-state index in [-0.39, 0.29) is 0 Å². The molecule has 0 aliphatic rings. The molecular formula is C24H23Cl2N3O. The fourth-order valence-electron chi connectivity index (χ4n) is 3.42. The van der Waals surface area contributed by atoms with Gasteiger partial charge < -0.3 is 15.1 Å². The summed E-state index contributed by atoms with van der Waals surface area (Å²) in [5, 5.41) is 9.39. The average molecular weight is 440 g/mol. The summed E-state index contributed by atoms with van der Waals surface area (Å²) in [5.41, 5.74) is 4.12. The molecule has 0 saturated carbocycles. The monoisotopic (exact) mass is 439 g/mol. The van der Waals surface area contributed by atoms with E-state index in [0.717, 1.165) is 59.5 Å². The minimum atomic E-state index is 0.676. The van der Waals surface area contributed by atoms with Crippen molar-refractivity contribution in [2.24, 2.45) is 0 Å². The third-order valence-corrected chi connectivity index (χ3v) is 5.68. The van der Waals surface area contributed by atoms with Crippen LogP contribution in [0.1, 0.15) is 23.3 Å². The predicted octanol–water partition coefficient (Wildman–Crippen LogP) is 6.32. The van der Waals surface area contributed by atoms with Crippen molar-refractivity contribution in [2.45, 2.75) is 19.4 Å². The zero-order valence-electron chi connectivity index (χ0n) is 16.5. The Morgan fingerprint density at radius 3 is 2.60 bits per heavy atom. The number of benzene rings is 2. The number of aromatic nitrogens is 1. The maximum absolute atomic E-state index is 6.32. The van der Waals surface area contributed by atoms with Gasteiger partial charge in [0.25, 0.3) is 0 Å². The van der Waals surface area contributed by atoms with E-state index in [0.29, 0.717) is 16.5 Å². The van der Waals surface area contributed by atoms with Crippen LogP contribution in [-0.4, -0.2) is 18.1 Å². The van der Waals surface area contributed by atoms with Gasteiger partial charge in [-0.1, -0.05) is 41.4 Å². The van der Waals surface area contributed by atoms with Crippen LogP contribution in [0, 0.1) is 0 Å². The first kappa shape index (κ1) is 20.7. The minimum Gasteiger partial charge on any atom is -0.468 e. The van der Waals surface area contributed by atoms with Crippen molar-refractivity contribution in [3.05, 3.63) is 94.0 Å². The van der Waals surface area contributed by atoms with Crippen molar-refractivity contribution >= 4 is 39.8 Å². The van der Waals surface area contributed by atoms with E-state index >= 15 is 0 Å². The van der Waals surface area contributed by atoms with E-state index < -0.39 is 0 Å². The van der Waals surface area contributed by atoms with Gasteiger partial charge in [-0.3, -0.25) is 4.98 Å². The van der Waals surface area contributed by atoms with Crippen LogP contribution in [0.3, 0.4) is 0 Å². The first-order valence-corrected chi connectivity index (χ1v) is 10.7. The second kappa shape index (κ2) is 9.98. The number of hydrogen-bond donors (Lipinski definition) is 2. The van der Waals surface area contributed by atoms with E-state index in [4.69, 9.17) is 27.6 Å². The molecular weight excluding hydrogens is 417 g/mol. The largest absolute Gasteiger partial charge is 0.468 e.